The second kappa shape index (κ2) is 20.6. The molecule has 1 atom stereocenters. The van der Waals surface area contributed by atoms with Gasteiger partial charge in [0.25, 0.3) is 0 Å². The first-order chi connectivity index (χ1) is 20.1. The van der Waals surface area contributed by atoms with Gasteiger partial charge < -0.3 is 29.9 Å². The third-order valence-corrected chi connectivity index (χ3v) is 7.96. The van der Waals surface area contributed by atoms with Crippen molar-refractivity contribution in [2.75, 3.05) is 13.2 Å². The first-order valence-electron chi connectivity index (χ1n) is 15.5. The molecule has 240 valence electrons. The minimum atomic E-state index is -4.40. The van der Waals surface area contributed by atoms with Gasteiger partial charge in [0.1, 0.15) is 18.2 Å². The summed E-state index contributed by atoms with van der Waals surface area (Å²) in [5.74, 6) is -2.03. The lowest BCUT2D eigenvalue weighted by Crippen LogP contribution is -2.43. The van der Waals surface area contributed by atoms with Gasteiger partial charge in [0, 0.05) is 25.1 Å². The molecule has 2 fully saturated rings. The highest BCUT2D eigenvalue weighted by Gasteiger charge is 2.27. The number of hydrogen-bond donors (Lipinski definition) is 4. The standard InChI is InChI=1S/C29H49N2O10P/c32-26(30-21-11-3-1-2-4-12-22-39-42(36,37)38)18-19-27(33)31-25(29(35)41-24-15-9-6-10-16-24)17-20-28(34)40-23-13-7-5-8-14-23/h18-19,23-25H,1-17,20-22H2,(H,30,32)(H,31,33)(H2,36,37,38)/b19-18+/t25-/m0/s1. The molecule has 0 aromatic carbocycles. The Bertz CT molecular complexity index is 910. The van der Waals surface area contributed by atoms with Gasteiger partial charge in [0.05, 0.1) is 6.61 Å². The number of carbonyl (C=O) groups excluding carboxylic acids is 4. The summed E-state index contributed by atoms with van der Waals surface area (Å²) in [6, 6.07) is -1.02. The van der Waals surface area contributed by atoms with Crippen LogP contribution in [0.25, 0.3) is 0 Å². The highest BCUT2D eigenvalue weighted by Crippen LogP contribution is 2.35. The Hall–Kier alpha value is -2.27. The summed E-state index contributed by atoms with van der Waals surface area (Å²) in [5, 5.41) is 5.30. The Morgan fingerprint density at radius 2 is 1.31 bits per heavy atom. The van der Waals surface area contributed by atoms with Crippen molar-refractivity contribution in [3.8, 4) is 0 Å². The summed E-state index contributed by atoms with van der Waals surface area (Å²) in [6.45, 7) is 0.460. The quantitative estimate of drug-likeness (QED) is 0.0714. The predicted octanol–water partition coefficient (Wildman–Crippen LogP) is 4.13. The molecule has 0 spiro atoms. The Morgan fingerprint density at radius 1 is 0.762 bits per heavy atom. The van der Waals surface area contributed by atoms with Crippen molar-refractivity contribution < 1.29 is 47.5 Å². The van der Waals surface area contributed by atoms with E-state index in [1.54, 1.807) is 0 Å². The highest BCUT2D eigenvalue weighted by atomic mass is 31.2. The molecule has 2 aliphatic carbocycles. The molecule has 0 heterocycles. The molecule has 42 heavy (non-hydrogen) atoms. The van der Waals surface area contributed by atoms with Crippen LogP contribution in [0, 0.1) is 0 Å². The fourth-order valence-electron chi connectivity index (χ4n) is 5.13. The SMILES string of the molecule is O=C(/C=C/C(=O)N[C@@H](CCC(=O)OC1CCCCC1)C(=O)OC1CCCCC1)NCCCCCCCCOP(=O)(O)O. The molecular formula is C29H49N2O10P. The van der Waals surface area contributed by atoms with Crippen molar-refractivity contribution in [3.63, 3.8) is 0 Å². The van der Waals surface area contributed by atoms with Gasteiger partial charge >= 0.3 is 19.8 Å². The van der Waals surface area contributed by atoms with Crippen LogP contribution in [0.5, 0.6) is 0 Å². The van der Waals surface area contributed by atoms with Crippen molar-refractivity contribution >= 4 is 31.6 Å². The molecule has 0 unspecified atom stereocenters. The number of ether oxygens (including phenoxy) is 2. The van der Waals surface area contributed by atoms with E-state index in [-0.39, 0.29) is 31.7 Å². The molecule has 0 aliphatic heterocycles. The van der Waals surface area contributed by atoms with E-state index in [0.717, 1.165) is 108 Å². The summed E-state index contributed by atoms with van der Waals surface area (Å²) >= 11 is 0. The summed E-state index contributed by atoms with van der Waals surface area (Å²) in [7, 11) is -4.40. The number of unbranched alkanes of at least 4 members (excludes halogenated alkanes) is 5. The zero-order valence-electron chi connectivity index (χ0n) is 24.6. The van der Waals surface area contributed by atoms with Gasteiger partial charge in [-0.1, -0.05) is 38.5 Å². The van der Waals surface area contributed by atoms with Crippen molar-refractivity contribution in [1.82, 2.24) is 10.6 Å². The fourth-order valence-corrected chi connectivity index (χ4v) is 5.49. The molecule has 0 bridgehead atoms. The summed E-state index contributed by atoms with van der Waals surface area (Å²) in [4.78, 5) is 67.2. The monoisotopic (exact) mass is 616 g/mol. The zero-order valence-corrected chi connectivity index (χ0v) is 25.5. The van der Waals surface area contributed by atoms with E-state index in [2.05, 4.69) is 15.2 Å². The van der Waals surface area contributed by atoms with Crippen LogP contribution in [0.2, 0.25) is 0 Å². The van der Waals surface area contributed by atoms with E-state index in [9.17, 15) is 23.7 Å². The highest BCUT2D eigenvalue weighted by molar-refractivity contribution is 7.46. The Labute approximate surface area is 248 Å². The second-order valence-electron chi connectivity index (χ2n) is 11.1. The topological polar surface area (TPSA) is 178 Å². The van der Waals surface area contributed by atoms with Gasteiger partial charge in [-0.25, -0.2) is 9.36 Å². The van der Waals surface area contributed by atoms with Crippen LogP contribution in [-0.4, -0.2) is 64.9 Å². The minimum absolute atomic E-state index is 0.0212. The summed E-state index contributed by atoms with van der Waals surface area (Å²) in [6.07, 6.45) is 16.3. The second-order valence-corrected chi connectivity index (χ2v) is 12.4. The number of nitrogens with one attached hydrogen (secondary N) is 2. The molecular weight excluding hydrogens is 567 g/mol. The van der Waals surface area contributed by atoms with Crippen molar-refractivity contribution in [2.24, 2.45) is 0 Å². The summed E-state index contributed by atoms with van der Waals surface area (Å²) < 4.78 is 26.2. The van der Waals surface area contributed by atoms with Crippen molar-refractivity contribution in [2.45, 2.75) is 134 Å². The lowest BCUT2D eigenvalue weighted by molar-refractivity contribution is -0.155. The molecule has 0 radical (unpaired) electrons. The van der Waals surface area contributed by atoms with Gasteiger partial charge in [0.2, 0.25) is 11.8 Å². The van der Waals surface area contributed by atoms with Gasteiger partial charge in [0.15, 0.2) is 0 Å². The number of rotatable bonds is 19. The van der Waals surface area contributed by atoms with Crippen LogP contribution in [0.15, 0.2) is 12.2 Å². The molecule has 2 amide bonds. The molecule has 4 N–H and O–H groups in total. The molecule has 2 rings (SSSR count). The number of carbonyl (C=O) groups is 4. The van der Waals surface area contributed by atoms with Gasteiger partial charge in [-0.05, 0) is 70.6 Å². The van der Waals surface area contributed by atoms with Crippen LogP contribution in [-0.2, 0) is 37.7 Å². The Kier molecular flexibility index (Phi) is 17.6. The average Bonchev–Trinajstić information content (AvgIpc) is 2.95. The minimum Gasteiger partial charge on any atom is -0.462 e. The fraction of sp³-hybridized carbons (Fsp3) is 0.793. The maximum absolute atomic E-state index is 12.9. The van der Waals surface area contributed by atoms with Crippen LogP contribution < -0.4 is 10.6 Å². The molecule has 2 aliphatic rings. The molecule has 12 nitrogen and oxygen atoms in total. The Balaban J connectivity index is 1.69. The number of esters is 2. The van der Waals surface area contributed by atoms with Gasteiger partial charge in [-0.15, -0.1) is 0 Å². The molecule has 0 aromatic rings. The smallest absolute Gasteiger partial charge is 0.462 e. The van der Waals surface area contributed by atoms with Crippen molar-refractivity contribution in [3.05, 3.63) is 12.2 Å². The van der Waals surface area contributed by atoms with Crippen LogP contribution in [0.3, 0.4) is 0 Å². The van der Waals surface area contributed by atoms with E-state index >= 15 is 0 Å². The number of amides is 2. The molecule has 0 aromatic heterocycles. The Morgan fingerprint density at radius 3 is 1.93 bits per heavy atom. The zero-order chi connectivity index (χ0) is 30.6. The number of hydrogen-bond acceptors (Lipinski definition) is 8. The van der Waals surface area contributed by atoms with E-state index < -0.39 is 37.6 Å². The normalized spacial score (nSPS) is 17.5. The maximum atomic E-state index is 12.9. The first-order valence-corrected chi connectivity index (χ1v) is 17.0. The van der Waals surface area contributed by atoms with Gasteiger partial charge in [-0.3, -0.25) is 18.9 Å². The van der Waals surface area contributed by atoms with Crippen LogP contribution in [0.4, 0.5) is 0 Å². The first kappa shape index (κ1) is 35.9. The van der Waals surface area contributed by atoms with E-state index in [1.807, 2.05) is 0 Å². The predicted molar refractivity (Wildman–Crippen MR) is 155 cm³/mol. The maximum Gasteiger partial charge on any atom is 0.469 e. The lowest BCUT2D eigenvalue weighted by atomic mass is 9.97. The van der Waals surface area contributed by atoms with Crippen LogP contribution >= 0.6 is 7.82 Å². The van der Waals surface area contributed by atoms with E-state index in [4.69, 9.17) is 19.3 Å². The molecule has 2 saturated carbocycles. The lowest BCUT2D eigenvalue weighted by Gasteiger charge is -2.25. The van der Waals surface area contributed by atoms with E-state index in [1.165, 1.54) is 0 Å². The molecule has 0 saturated heterocycles. The number of phosphoric acid groups is 1. The third-order valence-electron chi connectivity index (χ3n) is 7.44. The molecule has 13 heteroatoms. The van der Waals surface area contributed by atoms with Crippen molar-refractivity contribution in [1.29, 1.82) is 0 Å². The van der Waals surface area contributed by atoms with E-state index in [0.29, 0.717) is 13.0 Å². The van der Waals surface area contributed by atoms with Gasteiger partial charge in [-0.2, -0.15) is 0 Å². The third kappa shape index (κ3) is 17.6. The number of phosphoric ester groups is 1. The largest absolute Gasteiger partial charge is 0.469 e. The average molecular weight is 617 g/mol. The summed E-state index contributed by atoms with van der Waals surface area (Å²) in [5.41, 5.74) is 0. The van der Waals surface area contributed by atoms with Crippen LogP contribution in [0.1, 0.15) is 116 Å².